The number of carboxylic acid groups (broad SMARTS) is 1. The molecule has 6 nitrogen and oxygen atoms in total. The van der Waals surface area contributed by atoms with Crippen LogP contribution in [-0.4, -0.2) is 41.1 Å². The maximum atomic E-state index is 12.9. The number of benzene rings is 1. The number of carboxylic acids is 1. The summed E-state index contributed by atoms with van der Waals surface area (Å²) < 4.78 is 11.1. The topological polar surface area (TPSA) is 80.0 Å². The van der Waals surface area contributed by atoms with Crippen molar-refractivity contribution in [1.82, 2.24) is 4.90 Å². The van der Waals surface area contributed by atoms with Crippen LogP contribution in [0.1, 0.15) is 35.9 Å². The molecular formula is C17H19NO5. The van der Waals surface area contributed by atoms with Crippen molar-refractivity contribution in [3.63, 3.8) is 0 Å². The summed E-state index contributed by atoms with van der Waals surface area (Å²) in [7, 11) is 0. The Labute approximate surface area is 133 Å². The minimum absolute atomic E-state index is 0.292. The summed E-state index contributed by atoms with van der Waals surface area (Å²) in [5.41, 5.74) is 1.02. The fourth-order valence-corrected chi connectivity index (χ4v) is 3.13. The second-order valence-corrected chi connectivity index (χ2v) is 5.62. The molecule has 122 valence electrons. The Bertz CT molecular complexity index is 764. The average molecular weight is 317 g/mol. The highest BCUT2D eigenvalue weighted by Crippen LogP contribution is 2.32. The van der Waals surface area contributed by atoms with Crippen molar-refractivity contribution in [1.29, 1.82) is 0 Å². The number of furan rings is 1. The van der Waals surface area contributed by atoms with Gasteiger partial charge in [-0.3, -0.25) is 4.79 Å². The lowest BCUT2D eigenvalue weighted by molar-refractivity contribution is -0.141. The number of aryl methyl sites for hydroxylation is 1. The van der Waals surface area contributed by atoms with E-state index < -0.39 is 12.0 Å². The average Bonchev–Trinajstić information content (AvgIpc) is 3.10. The number of carbonyl (C=O) groups excluding carboxylic acids is 1. The molecule has 1 aliphatic rings. The van der Waals surface area contributed by atoms with E-state index in [9.17, 15) is 14.7 Å². The predicted molar refractivity (Wildman–Crippen MR) is 83.8 cm³/mol. The molecule has 1 atom stereocenters. The van der Waals surface area contributed by atoms with Crippen molar-refractivity contribution in [2.75, 3.05) is 13.2 Å². The number of ether oxygens (including phenoxy) is 1. The van der Waals surface area contributed by atoms with Crippen LogP contribution in [0.15, 0.2) is 22.6 Å². The van der Waals surface area contributed by atoms with Crippen LogP contribution in [0.5, 0.6) is 5.75 Å². The van der Waals surface area contributed by atoms with E-state index >= 15 is 0 Å². The smallest absolute Gasteiger partial charge is 0.326 e. The van der Waals surface area contributed by atoms with Gasteiger partial charge in [0.05, 0.1) is 12.2 Å². The van der Waals surface area contributed by atoms with Crippen LogP contribution in [0.2, 0.25) is 0 Å². The molecule has 2 aromatic rings. The Hall–Kier alpha value is -2.50. The van der Waals surface area contributed by atoms with Crippen molar-refractivity contribution >= 4 is 22.8 Å². The first-order valence-electron chi connectivity index (χ1n) is 7.72. The fourth-order valence-electron chi connectivity index (χ4n) is 3.13. The lowest BCUT2D eigenvalue weighted by atomic mass is 10.1. The van der Waals surface area contributed by atoms with Crippen LogP contribution < -0.4 is 4.74 Å². The number of hydrogen-bond acceptors (Lipinski definition) is 4. The number of nitrogens with zero attached hydrogens (tertiary/aromatic N) is 1. The normalized spacial score (nSPS) is 17.7. The largest absolute Gasteiger partial charge is 0.494 e. The van der Waals surface area contributed by atoms with Crippen LogP contribution in [0.4, 0.5) is 0 Å². The van der Waals surface area contributed by atoms with Crippen molar-refractivity contribution < 1.29 is 23.8 Å². The third-order valence-electron chi connectivity index (χ3n) is 4.16. The van der Waals surface area contributed by atoms with E-state index in [4.69, 9.17) is 9.15 Å². The number of rotatable bonds is 4. The van der Waals surface area contributed by atoms with Gasteiger partial charge in [-0.2, -0.15) is 0 Å². The summed E-state index contributed by atoms with van der Waals surface area (Å²) >= 11 is 0. The Kier molecular flexibility index (Phi) is 3.98. The van der Waals surface area contributed by atoms with Crippen LogP contribution in [0, 0.1) is 6.92 Å². The molecule has 0 aliphatic carbocycles. The second-order valence-electron chi connectivity index (χ2n) is 5.62. The molecule has 1 aromatic carbocycles. The van der Waals surface area contributed by atoms with E-state index in [1.54, 1.807) is 25.1 Å². The summed E-state index contributed by atoms with van der Waals surface area (Å²) in [4.78, 5) is 25.6. The van der Waals surface area contributed by atoms with Gasteiger partial charge in [0, 0.05) is 11.9 Å². The number of amides is 1. The second kappa shape index (κ2) is 5.95. The van der Waals surface area contributed by atoms with Crippen molar-refractivity contribution in [2.24, 2.45) is 0 Å². The highest BCUT2D eigenvalue weighted by molar-refractivity contribution is 6.08. The lowest BCUT2D eigenvalue weighted by Crippen LogP contribution is -2.40. The van der Waals surface area contributed by atoms with Crippen molar-refractivity contribution in [3.8, 4) is 5.75 Å². The van der Waals surface area contributed by atoms with Gasteiger partial charge in [0.2, 0.25) is 0 Å². The Morgan fingerprint density at radius 1 is 1.43 bits per heavy atom. The van der Waals surface area contributed by atoms with E-state index in [0.29, 0.717) is 54.0 Å². The zero-order chi connectivity index (χ0) is 16.6. The molecule has 1 fully saturated rings. The molecule has 1 amide bonds. The standard InChI is InChI=1S/C17H19NO5/c1-3-22-11-6-7-14-12(9-11)15(10(2)23-14)16(19)18-8-4-5-13(18)17(20)21/h6-7,9,13H,3-5,8H2,1-2H3,(H,20,21). The number of aliphatic carboxylic acids is 1. The van der Waals surface area contributed by atoms with Gasteiger partial charge in [-0.15, -0.1) is 0 Å². The maximum absolute atomic E-state index is 12.9. The van der Waals surface area contributed by atoms with Crippen LogP contribution in [0.3, 0.4) is 0 Å². The predicted octanol–water partition coefficient (Wildman–Crippen LogP) is 2.83. The Morgan fingerprint density at radius 2 is 2.22 bits per heavy atom. The van der Waals surface area contributed by atoms with E-state index in [1.807, 2.05) is 6.92 Å². The molecule has 0 spiro atoms. The first-order chi connectivity index (χ1) is 11.0. The van der Waals surface area contributed by atoms with Gasteiger partial charge in [-0.25, -0.2) is 4.79 Å². The van der Waals surface area contributed by atoms with Crippen molar-refractivity contribution in [2.45, 2.75) is 32.7 Å². The van der Waals surface area contributed by atoms with Gasteiger partial charge in [-0.05, 0) is 44.9 Å². The molecular weight excluding hydrogens is 298 g/mol. The van der Waals surface area contributed by atoms with Crippen molar-refractivity contribution in [3.05, 3.63) is 29.5 Å². The zero-order valence-electron chi connectivity index (χ0n) is 13.2. The van der Waals surface area contributed by atoms with E-state index in [2.05, 4.69) is 0 Å². The first-order valence-corrected chi connectivity index (χ1v) is 7.72. The highest BCUT2D eigenvalue weighted by Gasteiger charge is 2.36. The molecule has 1 N–H and O–H groups in total. The number of fused-ring (bicyclic) bond motifs is 1. The minimum Gasteiger partial charge on any atom is -0.494 e. The molecule has 1 unspecified atom stereocenters. The van der Waals surface area contributed by atoms with Crippen LogP contribution >= 0.6 is 0 Å². The Balaban J connectivity index is 2.04. The van der Waals surface area contributed by atoms with Gasteiger partial charge >= 0.3 is 5.97 Å². The molecule has 6 heteroatoms. The third kappa shape index (κ3) is 2.65. The molecule has 1 saturated heterocycles. The molecule has 23 heavy (non-hydrogen) atoms. The molecule has 3 rings (SSSR count). The Morgan fingerprint density at radius 3 is 2.91 bits per heavy atom. The fraction of sp³-hybridized carbons (Fsp3) is 0.412. The van der Waals surface area contributed by atoms with Gasteiger partial charge in [0.15, 0.2) is 0 Å². The first kappa shape index (κ1) is 15.4. The van der Waals surface area contributed by atoms with Crippen LogP contribution in [-0.2, 0) is 4.79 Å². The van der Waals surface area contributed by atoms with Gasteiger partial charge in [-0.1, -0.05) is 0 Å². The van der Waals surface area contributed by atoms with Gasteiger partial charge in [0.25, 0.3) is 5.91 Å². The summed E-state index contributed by atoms with van der Waals surface area (Å²) in [6.45, 7) is 4.59. The molecule has 0 radical (unpaired) electrons. The lowest BCUT2D eigenvalue weighted by Gasteiger charge is -2.21. The summed E-state index contributed by atoms with van der Waals surface area (Å²) in [6.07, 6.45) is 1.18. The number of likely N-dealkylation sites (tertiary alicyclic amines) is 1. The summed E-state index contributed by atoms with van der Waals surface area (Å²) in [5, 5.41) is 9.95. The summed E-state index contributed by atoms with van der Waals surface area (Å²) in [5.74, 6) is -0.100. The number of hydrogen-bond donors (Lipinski definition) is 1. The molecule has 1 aliphatic heterocycles. The van der Waals surface area contributed by atoms with Gasteiger partial charge < -0.3 is 19.2 Å². The molecule has 0 saturated carbocycles. The van der Waals surface area contributed by atoms with Crippen LogP contribution in [0.25, 0.3) is 11.0 Å². The molecule has 2 heterocycles. The molecule has 0 bridgehead atoms. The van der Waals surface area contributed by atoms with Gasteiger partial charge in [0.1, 0.15) is 23.1 Å². The van der Waals surface area contributed by atoms with E-state index in [0.717, 1.165) is 0 Å². The van der Waals surface area contributed by atoms with E-state index in [-0.39, 0.29) is 5.91 Å². The highest BCUT2D eigenvalue weighted by atomic mass is 16.5. The zero-order valence-corrected chi connectivity index (χ0v) is 13.2. The maximum Gasteiger partial charge on any atom is 0.326 e. The summed E-state index contributed by atoms with van der Waals surface area (Å²) in [6, 6.07) is 4.57. The SMILES string of the molecule is CCOc1ccc2oc(C)c(C(=O)N3CCCC3C(=O)O)c2c1. The minimum atomic E-state index is -0.962. The molecule has 1 aromatic heterocycles. The monoisotopic (exact) mass is 317 g/mol. The number of carbonyl (C=O) groups is 2. The third-order valence-corrected chi connectivity index (χ3v) is 4.16. The van der Waals surface area contributed by atoms with E-state index in [1.165, 1.54) is 4.90 Å². The quantitative estimate of drug-likeness (QED) is 0.938.